The molecule has 2 aromatic rings. The van der Waals surface area contributed by atoms with Crippen molar-refractivity contribution in [2.75, 3.05) is 38.1 Å². The van der Waals surface area contributed by atoms with Crippen molar-refractivity contribution in [1.29, 1.82) is 0 Å². The van der Waals surface area contributed by atoms with Crippen molar-refractivity contribution in [3.8, 4) is 0 Å². The standard InChI is InChI=1S/C23H29F3N6O2/c1-27-22(34)19-5-4-18(13-28-19)31-9-6-17(7-10-31)32-8-2-3-15(14-32)20-29-12-16(21(33)30-20)11-23(24,25)26/h4-5,12-13,15,17H,2-3,6-11,14H2,1H3,(H,27,34)(H,29,30,33). The van der Waals surface area contributed by atoms with Crippen molar-refractivity contribution in [3.05, 3.63) is 52.0 Å². The van der Waals surface area contributed by atoms with Crippen LogP contribution in [-0.2, 0) is 6.42 Å². The highest BCUT2D eigenvalue weighted by molar-refractivity contribution is 5.92. The van der Waals surface area contributed by atoms with Gasteiger partial charge in [0.1, 0.15) is 11.5 Å². The fourth-order valence-corrected chi connectivity index (χ4v) is 4.87. The predicted molar refractivity (Wildman–Crippen MR) is 121 cm³/mol. The summed E-state index contributed by atoms with van der Waals surface area (Å²) in [5.74, 6) is 0.261. The van der Waals surface area contributed by atoms with Crippen LogP contribution in [0.4, 0.5) is 18.9 Å². The molecule has 184 valence electrons. The van der Waals surface area contributed by atoms with Gasteiger partial charge in [0.15, 0.2) is 0 Å². The Bertz CT molecular complexity index is 1050. The van der Waals surface area contributed by atoms with Gasteiger partial charge in [0.2, 0.25) is 0 Å². The maximum atomic E-state index is 12.6. The van der Waals surface area contributed by atoms with E-state index in [1.165, 1.54) is 0 Å². The zero-order valence-electron chi connectivity index (χ0n) is 19.1. The number of alkyl halides is 3. The number of piperidine rings is 2. The molecule has 1 unspecified atom stereocenters. The molecule has 11 heteroatoms. The summed E-state index contributed by atoms with van der Waals surface area (Å²) >= 11 is 0. The largest absolute Gasteiger partial charge is 0.393 e. The summed E-state index contributed by atoms with van der Waals surface area (Å²) < 4.78 is 37.9. The monoisotopic (exact) mass is 478 g/mol. The molecular weight excluding hydrogens is 449 g/mol. The van der Waals surface area contributed by atoms with Crippen molar-refractivity contribution >= 4 is 11.6 Å². The van der Waals surface area contributed by atoms with E-state index in [1.54, 1.807) is 19.3 Å². The van der Waals surface area contributed by atoms with Crippen molar-refractivity contribution in [2.45, 2.75) is 50.2 Å². The highest BCUT2D eigenvalue weighted by Crippen LogP contribution is 2.29. The summed E-state index contributed by atoms with van der Waals surface area (Å²) in [6.45, 7) is 3.43. The van der Waals surface area contributed by atoms with Gasteiger partial charge < -0.3 is 15.2 Å². The van der Waals surface area contributed by atoms with E-state index in [2.05, 4.69) is 30.1 Å². The average molecular weight is 479 g/mol. The summed E-state index contributed by atoms with van der Waals surface area (Å²) in [4.78, 5) is 39.5. The van der Waals surface area contributed by atoms with E-state index in [9.17, 15) is 22.8 Å². The second kappa shape index (κ2) is 10.1. The molecule has 8 nitrogen and oxygen atoms in total. The molecule has 1 atom stereocenters. The molecule has 0 saturated carbocycles. The average Bonchev–Trinajstić information content (AvgIpc) is 2.84. The van der Waals surface area contributed by atoms with Crippen LogP contribution in [0.1, 0.15) is 53.5 Å². The second-order valence-corrected chi connectivity index (χ2v) is 8.95. The minimum Gasteiger partial charge on any atom is -0.370 e. The molecule has 2 saturated heterocycles. The Kier molecular flexibility index (Phi) is 7.20. The van der Waals surface area contributed by atoms with Gasteiger partial charge in [-0.1, -0.05) is 0 Å². The Morgan fingerprint density at radius 1 is 1.15 bits per heavy atom. The molecule has 34 heavy (non-hydrogen) atoms. The summed E-state index contributed by atoms with van der Waals surface area (Å²) in [7, 11) is 1.57. The van der Waals surface area contributed by atoms with Gasteiger partial charge >= 0.3 is 6.18 Å². The zero-order valence-corrected chi connectivity index (χ0v) is 19.1. The number of halogens is 3. The van der Waals surface area contributed by atoms with E-state index in [0.717, 1.165) is 63.7 Å². The molecule has 0 radical (unpaired) electrons. The quantitative estimate of drug-likeness (QED) is 0.686. The van der Waals surface area contributed by atoms with Crippen molar-refractivity contribution in [1.82, 2.24) is 25.2 Å². The summed E-state index contributed by atoms with van der Waals surface area (Å²) in [6, 6.07) is 4.04. The van der Waals surface area contributed by atoms with Gasteiger partial charge in [-0.25, -0.2) is 9.97 Å². The Hall–Kier alpha value is -2.95. The normalized spacial score (nSPS) is 20.4. The SMILES string of the molecule is CNC(=O)c1ccc(N2CCC(N3CCCC(c4ncc(CC(F)(F)F)c(=O)[nH]4)C3)CC2)cn1. The van der Waals surface area contributed by atoms with Crippen molar-refractivity contribution in [3.63, 3.8) is 0 Å². The van der Waals surface area contributed by atoms with Gasteiger partial charge in [0.25, 0.3) is 11.5 Å². The lowest BCUT2D eigenvalue weighted by Gasteiger charge is -2.42. The first-order valence-electron chi connectivity index (χ1n) is 11.6. The van der Waals surface area contributed by atoms with Crippen LogP contribution in [0, 0.1) is 0 Å². The number of pyridine rings is 1. The van der Waals surface area contributed by atoms with Crippen LogP contribution < -0.4 is 15.8 Å². The molecule has 1 amide bonds. The number of nitrogens with one attached hydrogen (secondary N) is 2. The number of nitrogens with zero attached hydrogens (tertiary/aromatic N) is 4. The molecule has 2 aliphatic rings. The maximum Gasteiger partial charge on any atom is 0.393 e. The molecule has 2 fully saturated rings. The molecule has 2 aromatic heterocycles. The number of rotatable bonds is 5. The van der Waals surface area contributed by atoms with Gasteiger partial charge in [-0.05, 0) is 44.4 Å². The number of hydrogen-bond acceptors (Lipinski definition) is 6. The van der Waals surface area contributed by atoms with E-state index in [0.29, 0.717) is 17.6 Å². The Balaban J connectivity index is 1.34. The lowest BCUT2D eigenvalue weighted by molar-refractivity contribution is -0.127. The van der Waals surface area contributed by atoms with Gasteiger partial charge in [-0.15, -0.1) is 0 Å². The van der Waals surface area contributed by atoms with Crippen LogP contribution in [-0.4, -0.2) is 71.2 Å². The summed E-state index contributed by atoms with van der Waals surface area (Å²) in [5.41, 5.74) is 0.319. The molecule has 4 rings (SSSR count). The smallest absolute Gasteiger partial charge is 0.370 e. The molecule has 2 N–H and O–H groups in total. The lowest BCUT2D eigenvalue weighted by atomic mass is 9.93. The molecule has 4 heterocycles. The Labute approximate surface area is 195 Å². The number of carbonyl (C=O) groups is 1. The number of aromatic nitrogens is 3. The van der Waals surface area contributed by atoms with Crippen molar-refractivity contribution in [2.24, 2.45) is 0 Å². The summed E-state index contributed by atoms with van der Waals surface area (Å²) in [6.07, 6.45) is 0.833. The number of H-pyrrole nitrogens is 1. The zero-order chi connectivity index (χ0) is 24.3. The summed E-state index contributed by atoms with van der Waals surface area (Å²) in [5, 5.41) is 2.56. The number of aromatic amines is 1. The Morgan fingerprint density at radius 3 is 2.53 bits per heavy atom. The molecule has 2 aliphatic heterocycles. The van der Waals surface area contributed by atoms with Crippen LogP contribution in [0.15, 0.2) is 29.3 Å². The fraction of sp³-hybridized carbons (Fsp3) is 0.565. The molecule has 0 bridgehead atoms. The molecule has 0 aliphatic carbocycles. The molecular formula is C23H29F3N6O2. The van der Waals surface area contributed by atoms with Gasteiger partial charge in [0.05, 0.1) is 18.3 Å². The number of anilines is 1. The van der Waals surface area contributed by atoms with Crippen LogP contribution in [0.5, 0.6) is 0 Å². The first-order chi connectivity index (χ1) is 16.2. The van der Waals surface area contributed by atoms with Crippen molar-refractivity contribution < 1.29 is 18.0 Å². The third-order valence-electron chi connectivity index (χ3n) is 6.68. The minimum atomic E-state index is -4.44. The number of carbonyl (C=O) groups excluding carboxylic acids is 1. The van der Waals surface area contributed by atoms with E-state index in [4.69, 9.17) is 0 Å². The molecule has 0 spiro atoms. The maximum absolute atomic E-state index is 12.6. The van der Waals surface area contributed by atoms with Gasteiger partial charge in [0, 0.05) is 50.4 Å². The number of hydrogen-bond donors (Lipinski definition) is 2. The van der Waals surface area contributed by atoms with E-state index in [-0.39, 0.29) is 17.4 Å². The highest BCUT2D eigenvalue weighted by atomic mass is 19.4. The minimum absolute atomic E-state index is 0.000808. The topological polar surface area (TPSA) is 94.2 Å². The third kappa shape index (κ3) is 5.75. The Morgan fingerprint density at radius 2 is 1.91 bits per heavy atom. The highest BCUT2D eigenvalue weighted by Gasteiger charge is 2.32. The second-order valence-electron chi connectivity index (χ2n) is 8.95. The predicted octanol–water partition coefficient (Wildman–Crippen LogP) is 2.48. The van der Waals surface area contributed by atoms with Gasteiger partial charge in [-0.2, -0.15) is 13.2 Å². The third-order valence-corrected chi connectivity index (χ3v) is 6.68. The van der Waals surface area contributed by atoms with Gasteiger partial charge in [-0.3, -0.25) is 14.5 Å². The fourth-order valence-electron chi connectivity index (χ4n) is 4.87. The van der Waals surface area contributed by atoms with Crippen LogP contribution in [0.25, 0.3) is 0 Å². The van der Waals surface area contributed by atoms with Crippen LogP contribution in [0.3, 0.4) is 0 Å². The lowest BCUT2D eigenvalue weighted by Crippen LogP contribution is -2.48. The van der Waals surface area contributed by atoms with E-state index >= 15 is 0 Å². The van der Waals surface area contributed by atoms with Crippen LogP contribution >= 0.6 is 0 Å². The number of amides is 1. The van der Waals surface area contributed by atoms with E-state index in [1.807, 2.05) is 6.07 Å². The first-order valence-corrected chi connectivity index (χ1v) is 11.6. The first kappa shape index (κ1) is 24.2. The molecule has 0 aromatic carbocycles. The van der Waals surface area contributed by atoms with Crippen LogP contribution in [0.2, 0.25) is 0 Å². The number of likely N-dealkylation sites (tertiary alicyclic amines) is 1. The van der Waals surface area contributed by atoms with E-state index < -0.39 is 18.2 Å².